The molecule has 118 valence electrons. The highest BCUT2D eigenvalue weighted by molar-refractivity contribution is 5.68. The number of likely N-dealkylation sites (tertiary alicyclic amines) is 1. The molecule has 3 unspecified atom stereocenters. The van der Waals surface area contributed by atoms with Crippen LogP contribution >= 0.6 is 0 Å². The highest BCUT2D eigenvalue weighted by Crippen LogP contribution is 2.55. The Labute approximate surface area is 128 Å². The second-order valence-corrected chi connectivity index (χ2v) is 8.41. The van der Waals surface area contributed by atoms with Crippen LogP contribution in [0.1, 0.15) is 64.7 Å². The Hall–Kier alpha value is -0.730. The molecule has 4 bridgehead atoms. The number of fused-ring (bicyclic) bond motifs is 1. The summed E-state index contributed by atoms with van der Waals surface area (Å²) in [4.78, 5) is 14.5. The summed E-state index contributed by atoms with van der Waals surface area (Å²) in [5, 5.41) is 0. The molecule has 4 saturated carbocycles. The van der Waals surface area contributed by atoms with Crippen molar-refractivity contribution in [3.8, 4) is 0 Å². The molecule has 0 aromatic rings. The number of carbonyl (C=O) groups excluding carboxylic acids is 1. The number of carbonyl (C=O) groups is 1. The van der Waals surface area contributed by atoms with Crippen LogP contribution in [0.4, 0.5) is 4.79 Å². The van der Waals surface area contributed by atoms with Gasteiger partial charge in [-0.15, -0.1) is 0 Å². The van der Waals surface area contributed by atoms with E-state index in [0.717, 1.165) is 50.1 Å². The number of rotatable bonds is 1. The molecule has 0 radical (unpaired) electrons. The third-order valence-corrected chi connectivity index (χ3v) is 6.73. The summed E-state index contributed by atoms with van der Waals surface area (Å²) < 4.78 is 6.17. The molecule has 1 amide bonds. The summed E-state index contributed by atoms with van der Waals surface area (Å²) in [6, 6.07) is 0. The van der Waals surface area contributed by atoms with Gasteiger partial charge in [-0.1, -0.05) is 0 Å². The van der Waals surface area contributed by atoms with Gasteiger partial charge in [-0.2, -0.15) is 0 Å². The maximum absolute atomic E-state index is 12.6. The zero-order valence-corrected chi connectivity index (χ0v) is 13.4. The van der Waals surface area contributed by atoms with E-state index in [0.29, 0.717) is 5.92 Å². The van der Waals surface area contributed by atoms with Gasteiger partial charge in [-0.3, -0.25) is 0 Å². The van der Waals surface area contributed by atoms with Crippen molar-refractivity contribution in [3.63, 3.8) is 0 Å². The van der Waals surface area contributed by atoms with E-state index in [9.17, 15) is 4.79 Å². The Bertz CT molecular complexity index is 403. The van der Waals surface area contributed by atoms with Crippen LogP contribution in [0.25, 0.3) is 0 Å². The standard InChI is InChI=1S/C18H29NO2/c1-18(21-17(20)19-5-3-2-4-6-19)12-15-8-13-7-14(9-15)11-16(18)10-13/h13-16H,2-12H2,1H3. The Morgan fingerprint density at radius 1 is 0.952 bits per heavy atom. The predicted molar refractivity (Wildman–Crippen MR) is 82.0 cm³/mol. The monoisotopic (exact) mass is 291 g/mol. The van der Waals surface area contributed by atoms with Gasteiger partial charge in [0.25, 0.3) is 0 Å². The molecule has 4 aliphatic carbocycles. The first kappa shape index (κ1) is 13.9. The van der Waals surface area contributed by atoms with Gasteiger partial charge in [0.15, 0.2) is 0 Å². The van der Waals surface area contributed by atoms with Crippen LogP contribution in [-0.2, 0) is 4.74 Å². The van der Waals surface area contributed by atoms with E-state index < -0.39 is 0 Å². The summed E-state index contributed by atoms with van der Waals surface area (Å²) in [6.07, 6.45) is 11.5. The van der Waals surface area contributed by atoms with Gasteiger partial charge in [0.1, 0.15) is 5.60 Å². The van der Waals surface area contributed by atoms with Crippen molar-refractivity contribution < 1.29 is 9.53 Å². The first-order valence-electron chi connectivity index (χ1n) is 9.10. The minimum absolute atomic E-state index is 0.0292. The molecule has 5 rings (SSSR count). The number of hydrogen-bond donors (Lipinski definition) is 0. The van der Waals surface area contributed by atoms with E-state index in [4.69, 9.17) is 4.74 Å². The zero-order valence-electron chi connectivity index (χ0n) is 13.4. The molecule has 5 aliphatic rings. The lowest BCUT2D eigenvalue weighted by Crippen LogP contribution is -2.46. The molecule has 3 nitrogen and oxygen atoms in total. The highest BCUT2D eigenvalue weighted by Gasteiger charge is 2.51. The largest absolute Gasteiger partial charge is 0.443 e. The van der Waals surface area contributed by atoms with Crippen molar-refractivity contribution in [2.24, 2.45) is 23.7 Å². The van der Waals surface area contributed by atoms with Gasteiger partial charge in [-0.25, -0.2) is 4.79 Å². The molecule has 5 fully saturated rings. The molecule has 1 heterocycles. The zero-order chi connectivity index (χ0) is 14.4. The Morgan fingerprint density at radius 3 is 2.24 bits per heavy atom. The molecular formula is C18H29NO2. The van der Waals surface area contributed by atoms with Gasteiger partial charge in [0.05, 0.1) is 0 Å². The van der Waals surface area contributed by atoms with Crippen LogP contribution in [0.15, 0.2) is 0 Å². The lowest BCUT2D eigenvalue weighted by molar-refractivity contribution is -0.0531. The molecule has 1 saturated heterocycles. The van der Waals surface area contributed by atoms with Gasteiger partial charge >= 0.3 is 6.09 Å². The van der Waals surface area contributed by atoms with Crippen LogP contribution in [0, 0.1) is 23.7 Å². The molecule has 1 aliphatic heterocycles. The number of nitrogens with zero attached hydrogens (tertiary/aromatic N) is 1. The molecule has 0 spiro atoms. The number of hydrogen-bond acceptors (Lipinski definition) is 2. The Morgan fingerprint density at radius 2 is 1.57 bits per heavy atom. The van der Waals surface area contributed by atoms with Crippen molar-refractivity contribution in [2.75, 3.05) is 13.1 Å². The maximum atomic E-state index is 12.6. The fourth-order valence-corrected chi connectivity index (χ4v) is 5.86. The number of piperidine rings is 1. The van der Waals surface area contributed by atoms with Crippen LogP contribution in [-0.4, -0.2) is 29.7 Å². The smallest absolute Gasteiger partial charge is 0.410 e. The van der Waals surface area contributed by atoms with Crippen molar-refractivity contribution in [3.05, 3.63) is 0 Å². The Kier molecular flexibility index (Phi) is 3.42. The highest BCUT2D eigenvalue weighted by atomic mass is 16.6. The quantitative estimate of drug-likeness (QED) is 0.724. The van der Waals surface area contributed by atoms with Crippen molar-refractivity contribution in [2.45, 2.75) is 70.3 Å². The topological polar surface area (TPSA) is 29.5 Å². The molecule has 3 atom stereocenters. The lowest BCUT2D eigenvalue weighted by Gasteiger charge is -2.42. The van der Waals surface area contributed by atoms with Crippen molar-refractivity contribution in [1.29, 1.82) is 0 Å². The average molecular weight is 291 g/mol. The molecule has 3 heteroatoms. The number of amides is 1. The predicted octanol–water partition coefficient (Wildman–Crippen LogP) is 4.21. The van der Waals surface area contributed by atoms with Crippen molar-refractivity contribution in [1.82, 2.24) is 4.90 Å². The number of ether oxygens (including phenoxy) is 1. The molecule has 0 aromatic heterocycles. The minimum atomic E-state index is -0.191. The van der Waals surface area contributed by atoms with Crippen LogP contribution < -0.4 is 0 Å². The molecule has 21 heavy (non-hydrogen) atoms. The van der Waals surface area contributed by atoms with E-state index >= 15 is 0 Å². The van der Waals surface area contributed by atoms with Gasteiger partial charge in [0, 0.05) is 13.1 Å². The first-order valence-corrected chi connectivity index (χ1v) is 9.10. The normalized spacial score (nSPS) is 45.5. The van der Waals surface area contributed by atoms with Crippen LogP contribution in [0.5, 0.6) is 0 Å². The summed E-state index contributed by atoms with van der Waals surface area (Å²) >= 11 is 0. The summed E-state index contributed by atoms with van der Waals surface area (Å²) in [5.41, 5.74) is -0.191. The first-order chi connectivity index (χ1) is 10.1. The van der Waals surface area contributed by atoms with E-state index in [-0.39, 0.29) is 11.7 Å². The fourth-order valence-electron chi connectivity index (χ4n) is 5.86. The van der Waals surface area contributed by atoms with Gasteiger partial charge in [0.2, 0.25) is 0 Å². The second-order valence-electron chi connectivity index (χ2n) is 8.41. The third-order valence-electron chi connectivity index (χ3n) is 6.73. The molecule has 0 aromatic carbocycles. The van der Waals surface area contributed by atoms with Crippen LogP contribution in [0.3, 0.4) is 0 Å². The van der Waals surface area contributed by atoms with Crippen molar-refractivity contribution >= 4 is 6.09 Å². The lowest BCUT2D eigenvalue weighted by atomic mass is 9.67. The molecular weight excluding hydrogens is 262 g/mol. The second kappa shape index (κ2) is 5.17. The van der Waals surface area contributed by atoms with E-state index in [2.05, 4.69) is 6.92 Å². The van der Waals surface area contributed by atoms with Gasteiger partial charge < -0.3 is 9.64 Å². The summed E-state index contributed by atoms with van der Waals surface area (Å²) in [6.45, 7) is 4.03. The fraction of sp³-hybridized carbons (Fsp3) is 0.944. The maximum Gasteiger partial charge on any atom is 0.410 e. The Balaban J connectivity index is 1.49. The SMILES string of the molecule is CC1(OC(=O)N2CCCCC2)CC2CC3CC(C2)CC1C3. The minimum Gasteiger partial charge on any atom is -0.443 e. The summed E-state index contributed by atoms with van der Waals surface area (Å²) in [7, 11) is 0. The average Bonchev–Trinajstić information content (AvgIpc) is 2.60. The summed E-state index contributed by atoms with van der Waals surface area (Å²) in [5.74, 6) is 3.26. The van der Waals surface area contributed by atoms with Crippen LogP contribution in [0.2, 0.25) is 0 Å². The third kappa shape index (κ3) is 2.57. The van der Waals surface area contributed by atoms with E-state index in [1.54, 1.807) is 0 Å². The van der Waals surface area contributed by atoms with E-state index in [1.165, 1.54) is 38.5 Å². The van der Waals surface area contributed by atoms with E-state index in [1.807, 2.05) is 4.90 Å². The van der Waals surface area contributed by atoms with Gasteiger partial charge in [-0.05, 0) is 88.4 Å². The molecule has 0 N–H and O–H groups in total.